The summed E-state index contributed by atoms with van der Waals surface area (Å²) in [5.41, 5.74) is 5.46. The minimum atomic E-state index is -1.13. The molecule has 1 nitrogen and oxygen atoms in total. The van der Waals surface area contributed by atoms with Crippen molar-refractivity contribution in [2.75, 3.05) is 20.6 Å². The molecule has 4 atom stereocenters. The third kappa shape index (κ3) is 5.33. The fourth-order valence-electron chi connectivity index (χ4n) is 4.43. The molecule has 0 heterocycles. The Morgan fingerprint density at radius 1 is 0.880 bits per heavy atom. The molecule has 0 fully saturated rings. The van der Waals surface area contributed by atoms with Gasteiger partial charge in [0.1, 0.15) is 0 Å². The molecule has 0 aromatic heterocycles. The number of hydrogen-bond donors (Lipinski definition) is 0. The normalized spacial score (nSPS) is 22.0. The van der Waals surface area contributed by atoms with Crippen molar-refractivity contribution in [2.45, 2.75) is 77.7 Å². The second-order valence-corrected chi connectivity index (χ2v) is 12.8. The standard InChI is InChI=1S/C21H38N.2CH3.Ti/c1-9-15(4)19-14-20(16(5)10-2)21(17(6)11-3)18(19)12-13-22(7)8;;;/h15-17,19H,9-13H2,1-8H3;2*1H3;. The van der Waals surface area contributed by atoms with Crippen LogP contribution in [-0.4, -0.2) is 25.5 Å². The van der Waals surface area contributed by atoms with Gasteiger partial charge >= 0.3 is 165 Å². The third-order valence-electron chi connectivity index (χ3n) is 6.40. The quantitative estimate of drug-likeness (QED) is 0.369. The molecule has 0 bridgehead atoms. The molecular formula is C23H44NTi. The van der Waals surface area contributed by atoms with Crippen LogP contribution >= 0.6 is 0 Å². The summed E-state index contributed by atoms with van der Waals surface area (Å²) >= 11 is -1.13. The molecule has 0 N–H and O–H groups in total. The van der Waals surface area contributed by atoms with Gasteiger partial charge in [0.05, 0.1) is 0 Å². The molecule has 0 amide bonds. The van der Waals surface area contributed by atoms with Crippen LogP contribution in [0.1, 0.15) is 67.2 Å². The van der Waals surface area contributed by atoms with Crippen molar-refractivity contribution in [1.82, 2.24) is 4.90 Å². The van der Waals surface area contributed by atoms with Gasteiger partial charge in [-0.25, -0.2) is 0 Å². The average Bonchev–Trinajstić information content (AvgIpc) is 2.92. The Bertz CT molecular complexity index is 486. The number of nitrogens with zero attached hydrogens (tertiary/aromatic N) is 1. The number of hydrogen-bond acceptors (Lipinski definition) is 1. The molecule has 145 valence electrons. The summed E-state index contributed by atoms with van der Waals surface area (Å²) in [4.78, 5) is 2.37. The van der Waals surface area contributed by atoms with Crippen molar-refractivity contribution in [2.24, 2.45) is 23.7 Å². The summed E-state index contributed by atoms with van der Waals surface area (Å²) in [5, 5.41) is 5.19. The van der Waals surface area contributed by atoms with Gasteiger partial charge in [0.25, 0.3) is 0 Å². The Kier molecular flexibility index (Phi) is 9.72. The minimum absolute atomic E-state index is 0.711. The van der Waals surface area contributed by atoms with E-state index < -0.39 is 17.9 Å². The van der Waals surface area contributed by atoms with Crippen molar-refractivity contribution in [3.8, 4) is 0 Å². The van der Waals surface area contributed by atoms with E-state index in [2.05, 4.69) is 71.0 Å². The Labute approximate surface area is 165 Å². The molecule has 4 unspecified atom stereocenters. The predicted octanol–water partition coefficient (Wildman–Crippen LogP) is 6.97. The summed E-state index contributed by atoms with van der Waals surface area (Å²) in [6, 6.07) is 0. The average molecular weight is 382 g/mol. The van der Waals surface area contributed by atoms with Gasteiger partial charge in [-0.05, 0) is 0 Å². The van der Waals surface area contributed by atoms with Gasteiger partial charge < -0.3 is 0 Å². The van der Waals surface area contributed by atoms with Gasteiger partial charge in [0.2, 0.25) is 0 Å². The SMILES string of the molecule is CCC(C)C1=C(CCN(C)C)C(C(C)CC)[C]([Ti]([CH3])[CH3])=C1C(C)CC. The zero-order valence-electron chi connectivity index (χ0n) is 18.8. The first kappa shape index (κ1) is 23.2. The molecule has 0 spiro atoms. The van der Waals surface area contributed by atoms with Crippen LogP contribution in [0, 0.1) is 23.7 Å². The summed E-state index contributed by atoms with van der Waals surface area (Å²) < 4.78 is 1.95. The van der Waals surface area contributed by atoms with Crippen LogP contribution in [0.25, 0.3) is 0 Å². The predicted molar refractivity (Wildman–Crippen MR) is 111 cm³/mol. The van der Waals surface area contributed by atoms with Crippen molar-refractivity contribution in [1.29, 1.82) is 0 Å². The van der Waals surface area contributed by atoms with Crippen molar-refractivity contribution in [3.05, 3.63) is 20.6 Å². The molecule has 0 saturated heterocycles. The first-order valence-electron chi connectivity index (χ1n) is 10.6. The summed E-state index contributed by atoms with van der Waals surface area (Å²) in [6.45, 7) is 15.8. The maximum atomic E-state index is 2.59. The molecule has 0 aromatic carbocycles. The fraction of sp³-hybridized carbons (Fsp3) is 0.826. The topological polar surface area (TPSA) is 3.24 Å². The fourth-order valence-corrected chi connectivity index (χ4v) is 7.55. The summed E-state index contributed by atoms with van der Waals surface area (Å²) in [5.74, 6) is 2.98. The Balaban J connectivity index is 3.60. The van der Waals surface area contributed by atoms with E-state index in [1.54, 1.807) is 5.57 Å². The van der Waals surface area contributed by atoms with E-state index in [1.807, 2.05) is 15.0 Å². The zero-order chi connectivity index (χ0) is 19.3. The number of allylic oxidation sites excluding steroid dienone is 3. The summed E-state index contributed by atoms with van der Waals surface area (Å²) in [6.07, 6.45) is 5.10. The van der Waals surface area contributed by atoms with Crippen LogP contribution in [0.3, 0.4) is 0 Å². The molecule has 0 aromatic rings. The van der Waals surface area contributed by atoms with E-state index in [-0.39, 0.29) is 0 Å². The van der Waals surface area contributed by atoms with Crippen LogP contribution < -0.4 is 0 Å². The van der Waals surface area contributed by atoms with Crippen molar-refractivity contribution >= 4 is 0 Å². The van der Waals surface area contributed by atoms with Gasteiger partial charge in [-0.15, -0.1) is 0 Å². The molecule has 1 aliphatic carbocycles. The maximum absolute atomic E-state index is 2.59. The van der Waals surface area contributed by atoms with Crippen LogP contribution in [0.4, 0.5) is 0 Å². The van der Waals surface area contributed by atoms with E-state index >= 15 is 0 Å². The van der Waals surface area contributed by atoms with Crippen LogP contribution in [-0.2, 0) is 17.9 Å². The van der Waals surface area contributed by atoms with E-state index in [0.717, 1.165) is 17.8 Å². The van der Waals surface area contributed by atoms with Gasteiger partial charge in [-0.1, -0.05) is 0 Å². The van der Waals surface area contributed by atoms with Gasteiger partial charge in [0, 0.05) is 0 Å². The molecule has 25 heavy (non-hydrogen) atoms. The summed E-state index contributed by atoms with van der Waals surface area (Å²) in [7, 11) is 4.44. The van der Waals surface area contributed by atoms with E-state index in [0.29, 0.717) is 5.92 Å². The van der Waals surface area contributed by atoms with Gasteiger partial charge in [-0.3, -0.25) is 0 Å². The molecule has 1 rings (SSSR count). The van der Waals surface area contributed by atoms with Gasteiger partial charge in [-0.2, -0.15) is 0 Å². The second-order valence-electron chi connectivity index (χ2n) is 8.80. The second kappa shape index (κ2) is 10.5. The van der Waals surface area contributed by atoms with E-state index in [4.69, 9.17) is 0 Å². The van der Waals surface area contributed by atoms with Crippen LogP contribution in [0.15, 0.2) is 20.6 Å². The molecule has 2 heteroatoms. The molecule has 0 saturated carbocycles. The molecular weight excluding hydrogens is 338 g/mol. The van der Waals surface area contributed by atoms with Crippen LogP contribution in [0.5, 0.6) is 0 Å². The Morgan fingerprint density at radius 3 is 1.80 bits per heavy atom. The first-order chi connectivity index (χ1) is 11.7. The molecule has 0 aliphatic heterocycles. The third-order valence-corrected chi connectivity index (χ3v) is 8.99. The number of rotatable bonds is 10. The van der Waals surface area contributed by atoms with Crippen molar-refractivity contribution in [3.63, 3.8) is 0 Å². The van der Waals surface area contributed by atoms with Crippen molar-refractivity contribution < 1.29 is 17.9 Å². The molecule has 0 radical (unpaired) electrons. The Hall–Kier alpha value is 0.154. The van der Waals surface area contributed by atoms with E-state index in [1.165, 1.54) is 32.2 Å². The molecule has 1 aliphatic rings. The van der Waals surface area contributed by atoms with Gasteiger partial charge in [0.15, 0.2) is 0 Å². The Morgan fingerprint density at radius 2 is 1.40 bits per heavy atom. The zero-order valence-corrected chi connectivity index (χ0v) is 20.4. The first-order valence-corrected chi connectivity index (χ1v) is 14.5. The van der Waals surface area contributed by atoms with Crippen LogP contribution in [0.2, 0.25) is 10.5 Å². The van der Waals surface area contributed by atoms with E-state index in [9.17, 15) is 0 Å². The monoisotopic (exact) mass is 382 g/mol.